The molecule has 0 saturated heterocycles. The number of nitrogens with two attached hydrogens (primary N) is 1. The normalized spacial score (nSPS) is 13.9. The molecule has 222 valence electrons. The first-order valence-electron chi connectivity index (χ1n) is 14.5. The van der Waals surface area contributed by atoms with E-state index in [2.05, 4.69) is 78.7 Å². The highest BCUT2D eigenvalue weighted by molar-refractivity contribution is 5.86. The van der Waals surface area contributed by atoms with Crippen LogP contribution in [0.1, 0.15) is 52.0 Å². The molecule has 1 aliphatic heterocycles. The summed E-state index contributed by atoms with van der Waals surface area (Å²) in [6, 6.07) is 29.5. The number of H-pyrrole nitrogens is 1. The summed E-state index contributed by atoms with van der Waals surface area (Å²) in [5, 5.41) is 12.6. The Hall–Kier alpha value is -4.75. The van der Waals surface area contributed by atoms with Gasteiger partial charge in [0, 0.05) is 34.4 Å². The molecule has 0 bridgehead atoms. The Morgan fingerprint density at radius 3 is 2.49 bits per heavy atom. The summed E-state index contributed by atoms with van der Waals surface area (Å²) in [6.45, 7) is 7.23. The van der Waals surface area contributed by atoms with Crippen molar-refractivity contribution in [1.82, 2.24) is 4.98 Å². The van der Waals surface area contributed by atoms with Crippen molar-refractivity contribution in [3.05, 3.63) is 124 Å². The molecule has 0 amide bonds. The van der Waals surface area contributed by atoms with E-state index in [0.29, 0.717) is 13.2 Å². The minimum atomic E-state index is -1.08. The van der Waals surface area contributed by atoms with Crippen LogP contribution in [0.25, 0.3) is 10.9 Å². The number of nitrogens with one attached hydrogen (secondary N) is 1. The topological polar surface area (TPSA) is 100 Å². The molecule has 0 spiro atoms. The van der Waals surface area contributed by atoms with E-state index in [9.17, 15) is 0 Å². The molecule has 1 aliphatic rings. The van der Waals surface area contributed by atoms with Gasteiger partial charge in [0.1, 0.15) is 30.5 Å². The molecule has 1 unspecified atom stereocenters. The van der Waals surface area contributed by atoms with Crippen LogP contribution in [-0.4, -0.2) is 24.6 Å². The molecular formula is C36H38N2O5. The van der Waals surface area contributed by atoms with Gasteiger partial charge in [-0.05, 0) is 85.5 Å². The maximum Gasteiger partial charge on any atom is 0.153 e. The first-order chi connectivity index (χ1) is 20.8. The average molecular weight is 579 g/mol. The van der Waals surface area contributed by atoms with Crippen molar-refractivity contribution < 1.29 is 29.4 Å². The van der Waals surface area contributed by atoms with E-state index in [1.165, 1.54) is 38.9 Å². The Bertz CT molecular complexity index is 1710. The van der Waals surface area contributed by atoms with Crippen LogP contribution in [0, 0.1) is 13.8 Å². The van der Waals surface area contributed by atoms with E-state index in [4.69, 9.17) is 24.1 Å². The molecule has 7 heteroatoms. The lowest BCUT2D eigenvalue weighted by atomic mass is 9.93. The molecular weight excluding hydrogens is 540 g/mol. The van der Waals surface area contributed by atoms with Gasteiger partial charge in [-0.2, -0.15) is 0 Å². The minimum absolute atomic E-state index is 0.181. The number of hydrogen-bond donors (Lipinski definition) is 2. The lowest BCUT2D eigenvalue weighted by Gasteiger charge is -2.23. The second kappa shape index (κ2) is 13.5. The van der Waals surface area contributed by atoms with Crippen LogP contribution in [0.3, 0.4) is 0 Å². The van der Waals surface area contributed by atoms with Crippen LogP contribution in [0.2, 0.25) is 0 Å². The zero-order valence-corrected chi connectivity index (χ0v) is 25.1. The minimum Gasteiger partial charge on any atom is -0.550 e. The van der Waals surface area contributed by atoms with Crippen molar-refractivity contribution in [2.45, 2.75) is 46.4 Å². The second-order valence-corrected chi connectivity index (χ2v) is 10.8. The number of aromatic amines is 1. The highest BCUT2D eigenvalue weighted by Gasteiger charge is 2.29. The number of ether oxygens (including phenoxy) is 3. The molecule has 1 atom stereocenters. The molecule has 3 N–H and O–H groups in total. The van der Waals surface area contributed by atoms with Crippen molar-refractivity contribution in [2.24, 2.45) is 0 Å². The van der Waals surface area contributed by atoms with Crippen LogP contribution >= 0.6 is 0 Å². The number of fused-ring (bicyclic) bond motifs is 3. The van der Waals surface area contributed by atoms with E-state index >= 15 is 0 Å². The molecule has 6 rings (SSSR count). The summed E-state index contributed by atoms with van der Waals surface area (Å²) in [7, 11) is 1.72. The Morgan fingerprint density at radius 2 is 1.72 bits per heavy atom. The number of aromatic nitrogens is 1. The smallest absolute Gasteiger partial charge is 0.153 e. The van der Waals surface area contributed by atoms with Crippen LogP contribution in [0.4, 0.5) is 0 Å². The van der Waals surface area contributed by atoms with Gasteiger partial charge in [-0.25, -0.2) is 0 Å². The molecule has 0 radical (unpaired) electrons. The molecule has 7 nitrogen and oxygen atoms in total. The van der Waals surface area contributed by atoms with Gasteiger partial charge < -0.3 is 34.4 Å². The van der Waals surface area contributed by atoms with Gasteiger partial charge >= 0.3 is 0 Å². The zero-order valence-electron chi connectivity index (χ0n) is 25.1. The van der Waals surface area contributed by atoms with Gasteiger partial charge in [0.2, 0.25) is 0 Å². The zero-order chi connectivity index (χ0) is 30.3. The fourth-order valence-electron chi connectivity index (χ4n) is 5.57. The SMILES string of the molecule is CC(=O)[O-].COc1ccc(C2[NH2+]CCc3c2[nH]c2ccc(OCc4ccccc4)cc32)cc1COc1cccc(C)c1C. The summed E-state index contributed by atoms with van der Waals surface area (Å²) in [6.07, 6.45) is 1.02. The molecule has 4 aromatic carbocycles. The van der Waals surface area contributed by atoms with Gasteiger partial charge in [0.05, 0.1) is 19.3 Å². The second-order valence-electron chi connectivity index (χ2n) is 10.8. The summed E-state index contributed by atoms with van der Waals surface area (Å²) in [5.41, 5.74) is 9.65. The Balaban J connectivity index is 0.000000868. The Kier molecular flexibility index (Phi) is 9.32. The molecule has 5 aromatic rings. The number of methoxy groups -OCH3 is 1. The van der Waals surface area contributed by atoms with Crippen molar-refractivity contribution in [3.8, 4) is 17.2 Å². The molecule has 2 heterocycles. The van der Waals surface area contributed by atoms with E-state index in [1.807, 2.05) is 30.3 Å². The number of aliphatic carboxylic acids is 1. The van der Waals surface area contributed by atoms with Crippen LogP contribution in [-0.2, 0) is 24.4 Å². The van der Waals surface area contributed by atoms with Crippen LogP contribution < -0.4 is 24.6 Å². The molecule has 1 aromatic heterocycles. The number of carbonyl (C=O) groups excluding carboxylic acids is 1. The predicted octanol–water partition coefficient (Wildman–Crippen LogP) is 4.92. The van der Waals surface area contributed by atoms with Crippen LogP contribution in [0.5, 0.6) is 17.2 Å². The maximum atomic E-state index is 8.89. The summed E-state index contributed by atoms with van der Waals surface area (Å²) in [4.78, 5) is 12.6. The number of benzene rings is 4. The van der Waals surface area contributed by atoms with Crippen molar-refractivity contribution in [1.29, 1.82) is 0 Å². The third-order valence-corrected chi connectivity index (χ3v) is 7.87. The van der Waals surface area contributed by atoms with E-state index < -0.39 is 5.97 Å². The lowest BCUT2D eigenvalue weighted by molar-refractivity contribution is -0.690. The third-order valence-electron chi connectivity index (χ3n) is 7.87. The number of hydrogen-bond acceptors (Lipinski definition) is 5. The quantitative estimate of drug-likeness (QED) is 0.272. The van der Waals surface area contributed by atoms with E-state index in [0.717, 1.165) is 48.2 Å². The van der Waals surface area contributed by atoms with Gasteiger partial charge in [-0.15, -0.1) is 0 Å². The number of carboxylic acids is 1. The molecule has 0 saturated carbocycles. The summed E-state index contributed by atoms with van der Waals surface area (Å²) < 4.78 is 18.1. The van der Waals surface area contributed by atoms with Crippen molar-refractivity contribution >= 4 is 16.9 Å². The fraction of sp³-hybridized carbons (Fsp3) is 0.250. The third kappa shape index (κ3) is 7.01. The number of rotatable bonds is 8. The lowest BCUT2D eigenvalue weighted by Crippen LogP contribution is -2.87. The van der Waals surface area contributed by atoms with E-state index in [-0.39, 0.29) is 6.04 Å². The monoisotopic (exact) mass is 578 g/mol. The largest absolute Gasteiger partial charge is 0.550 e. The maximum absolute atomic E-state index is 8.89. The summed E-state index contributed by atoms with van der Waals surface area (Å²) in [5.74, 6) is 1.57. The van der Waals surface area contributed by atoms with E-state index in [1.54, 1.807) is 7.11 Å². The fourth-order valence-corrected chi connectivity index (χ4v) is 5.57. The van der Waals surface area contributed by atoms with Gasteiger partial charge in [-0.1, -0.05) is 42.5 Å². The predicted molar refractivity (Wildman–Crippen MR) is 165 cm³/mol. The van der Waals surface area contributed by atoms with Crippen LogP contribution in [0.15, 0.2) is 84.9 Å². The number of aryl methyl sites for hydroxylation is 1. The van der Waals surface area contributed by atoms with Crippen molar-refractivity contribution in [2.75, 3.05) is 13.7 Å². The van der Waals surface area contributed by atoms with Gasteiger partial charge in [-0.3, -0.25) is 0 Å². The standard InChI is InChI=1S/C34H34N2O3.C2H4O2/c1-22-8-7-11-31(23(22)2)39-21-26-18-25(12-15-32(26)37-3)33-34-28(16-17-35-33)29-19-27(13-14-30(29)36-34)38-20-24-9-5-4-6-10-24;1-2(3)4/h4-15,18-19,33,35-36H,16-17,20-21H2,1-3H3;1H3,(H,3,4). The first-order valence-corrected chi connectivity index (χ1v) is 14.5. The molecule has 0 aliphatic carbocycles. The number of quaternary nitrogens is 1. The Morgan fingerprint density at radius 1 is 0.930 bits per heavy atom. The van der Waals surface area contributed by atoms with Gasteiger partial charge in [0.15, 0.2) is 6.04 Å². The summed E-state index contributed by atoms with van der Waals surface area (Å²) >= 11 is 0. The average Bonchev–Trinajstić information content (AvgIpc) is 3.39. The highest BCUT2D eigenvalue weighted by atomic mass is 16.5. The number of carbonyl (C=O) groups is 1. The molecule has 43 heavy (non-hydrogen) atoms. The molecule has 0 fully saturated rings. The van der Waals surface area contributed by atoms with Crippen molar-refractivity contribution in [3.63, 3.8) is 0 Å². The highest BCUT2D eigenvalue weighted by Crippen LogP contribution is 2.34. The first kappa shape index (κ1) is 29.7. The Labute approximate surface area is 252 Å². The number of carboxylic acid groups (broad SMARTS) is 1. The van der Waals surface area contributed by atoms with Gasteiger partial charge in [0.25, 0.3) is 0 Å².